The van der Waals surface area contributed by atoms with Gasteiger partial charge in [0, 0.05) is 11.5 Å². The molecule has 0 atom stereocenters. The first-order chi connectivity index (χ1) is 8.84. The van der Waals surface area contributed by atoms with Crippen LogP contribution in [-0.4, -0.2) is 10.0 Å². The summed E-state index contributed by atoms with van der Waals surface area (Å²) in [4.78, 5) is 0. The first-order valence-corrected chi connectivity index (χ1v) is 7.76. The second-order valence-corrected chi connectivity index (χ2v) is 6.06. The molecule has 4 heteroatoms. The maximum atomic E-state index is 5.27. The minimum absolute atomic E-state index is 0.761. The van der Waals surface area contributed by atoms with Crippen molar-refractivity contribution >= 4 is 34.0 Å². The molecular formula is C14H18N2S2. The summed E-state index contributed by atoms with van der Waals surface area (Å²) in [5, 5.41) is 4.40. The average Bonchev–Trinajstić information content (AvgIpc) is 2.45. The van der Waals surface area contributed by atoms with Gasteiger partial charge in [-0.05, 0) is 31.2 Å². The fraction of sp³-hybridized carbons (Fsp3) is 0.429. The summed E-state index contributed by atoms with van der Waals surface area (Å²) in [7, 11) is 0. The van der Waals surface area contributed by atoms with Crippen molar-refractivity contribution < 1.29 is 0 Å². The van der Waals surface area contributed by atoms with Crippen molar-refractivity contribution in [3.8, 4) is 0 Å². The zero-order valence-electron chi connectivity index (χ0n) is 10.4. The molecular weight excluding hydrogens is 260 g/mol. The molecule has 0 unspecified atom stereocenters. The Balaban J connectivity index is 1.72. The zero-order chi connectivity index (χ0) is 12.6. The van der Waals surface area contributed by atoms with E-state index in [0.29, 0.717) is 0 Å². The molecule has 1 aliphatic carbocycles. The van der Waals surface area contributed by atoms with Crippen LogP contribution in [0.15, 0.2) is 35.4 Å². The Hall–Kier alpha value is -0.870. The van der Waals surface area contributed by atoms with Crippen molar-refractivity contribution in [1.82, 2.24) is 5.43 Å². The van der Waals surface area contributed by atoms with Gasteiger partial charge in [-0.1, -0.05) is 60.7 Å². The standard InChI is InChI=1S/C14H18N2S2/c17-14(16-15-13-9-5-2-6-10-13)18-11-12-7-3-1-4-8-12/h1,3-4,7-8H,2,5-6,9-11H2,(H,16,17). The lowest BCUT2D eigenvalue weighted by Crippen LogP contribution is -2.16. The van der Waals surface area contributed by atoms with E-state index in [1.807, 2.05) is 6.07 Å². The van der Waals surface area contributed by atoms with E-state index in [9.17, 15) is 0 Å². The van der Waals surface area contributed by atoms with Gasteiger partial charge in [-0.25, -0.2) is 0 Å². The third kappa shape index (κ3) is 4.78. The van der Waals surface area contributed by atoms with Gasteiger partial charge in [-0.15, -0.1) is 0 Å². The number of thioether (sulfide) groups is 1. The lowest BCUT2D eigenvalue weighted by Gasteiger charge is -2.12. The zero-order valence-corrected chi connectivity index (χ0v) is 12.0. The number of nitrogens with zero attached hydrogens (tertiary/aromatic N) is 1. The molecule has 0 aliphatic heterocycles. The quantitative estimate of drug-likeness (QED) is 0.665. The largest absolute Gasteiger partial charge is 0.262 e. The number of hydrazone groups is 1. The van der Waals surface area contributed by atoms with Crippen LogP contribution in [0.25, 0.3) is 0 Å². The molecule has 1 N–H and O–H groups in total. The molecule has 1 saturated carbocycles. The number of hydrogen-bond donors (Lipinski definition) is 1. The summed E-state index contributed by atoms with van der Waals surface area (Å²) < 4.78 is 0.761. The van der Waals surface area contributed by atoms with Crippen LogP contribution in [0, 0.1) is 0 Å². The van der Waals surface area contributed by atoms with Crippen molar-refractivity contribution in [2.24, 2.45) is 5.10 Å². The fourth-order valence-corrected chi connectivity index (χ4v) is 2.77. The van der Waals surface area contributed by atoms with E-state index < -0.39 is 0 Å². The molecule has 1 aromatic carbocycles. The number of rotatable bonds is 3. The molecule has 1 fully saturated rings. The van der Waals surface area contributed by atoms with Crippen LogP contribution in [0.4, 0.5) is 0 Å². The summed E-state index contributed by atoms with van der Waals surface area (Å²) >= 11 is 6.90. The van der Waals surface area contributed by atoms with Crippen LogP contribution < -0.4 is 5.43 Å². The lowest BCUT2D eigenvalue weighted by atomic mass is 9.99. The van der Waals surface area contributed by atoms with Crippen molar-refractivity contribution in [3.63, 3.8) is 0 Å². The maximum absolute atomic E-state index is 5.27. The van der Waals surface area contributed by atoms with Gasteiger partial charge in [0.1, 0.15) is 0 Å². The molecule has 2 rings (SSSR count). The summed E-state index contributed by atoms with van der Waals surface area (Å²) in [6, 6.07) is 10.4. The number of benzene rings is 1. The van der Waals surface area contributed by atoms with E-state index in [4.69, 9.17) is 12.2 Å². The molecule has 1 aromatic rings. The summed E-state index contributed by atoms with van der Waals surface area (Å²) in [5.41, 5.74) is 5.56. The third-order valence-electron chi connectivity index (χ3n) is 2.95. The van der Waals surface area contributed by atoms with Crippen LogP contribution in [0.5, 0.6) is 0 Å². The Morgan fingerprint density at radius 2 is 1.89 bits per heavy atom. The Kier molecular flexibility index (Phi) is 5.68. The average molecular weight is 278 g/mol. The maximum Gasteiger partial charge on any atom is 0.154 e. The van der Waals surface area contributed by atoms with Crippen LogP contribution in [0.2, 0.25) is 0 Å². The smallest absolute Gasteiger partial charge is 0.154 e. The number of thiocarbonyl (C=S) groups is 1. The molecule has 0 bridgehead atoms. The van der Waals surface area contributed by atoms with Crippen LogP contribution in [0.3, 0.4) is 0 Å². The van der Waals surface area contributed by atoms with E-state index in [-0.39, 0.29) is 0 Å². The topological polar surface area (TPSA) is 24.4 Å². The molecule has 96 valence electrons. The number of nitrogens with one attached hydrogen (secondary N) is 1. The normalized spacial score (nSPS) is 15.2. The molecule has 2 nitrogen and oxygen atoms in total. The Bertz CT molecular complexity index is 407. The third-order valence-corrected chi connectivity index (χ3v) is 4.22. The van der Waals surface area contributed by atoms with Crippen LogP contribution >= 0.6 is 24.0 Å². The van der Waals surface area contributed by atoms with Crippen molar-refractivity contribution in [3.05, 3.63) is 35.9 Å². The van der Waals surface area contributed by atoms with Gasteiger partial charge < -0.3 is 0 Å². The molecule has 18 heavy (non-hydrogen) atoms. The van der Waals surface area contributed by atoms with E-state index >= 15 is 0 Å². The van der Waals surface area contributed by atoms with E-state index in [1.54, 1.807) is 11.8 Å². The van der Waals surface area contributed by atoms with Gasteiger partial charge in [0.15, 0.2) is 4.32 Å². The molecule has 1 aliphatic rings. The molecule has 0 spiro atoms. The number of hydrogen-bond acceptors (Lipinski definition) is 3. The first kappa shape index (κ1) is 13.6. The van der Waals surface area contributed by atoms with Gasteiger partial charge in [0.2, 0.25) is 0 Å². The van der Waals surface area contributed by atoms with Gasteiger partial charge in [-0.3, -0.25) is 5.43 Å². The van der Waals surface area contributed by atoms with Crippen molar-refractivity contribution in [2.75, 3.05) is 0 Å². The summed E-state index contributed by atoms with van der Waals surface area (Å²) in [6.45, 7) is 0. The predicted molar refractivity (Wildman–Crippen MR) is 84.0 cm³/mol. The first-order valence-electron chi connectivity index (χ1n) is 6.37. The summed E-state index contributed by atoms with van der Waals surface area (Å²) in [6.07, 6.45) is 6.12. The second kappa shape index (κ2) is 7.54. The highest BCUT2D eigenvalue weighted by molar-refractivity contribution is 8.22. The Morgan fingerprint density at radius 3 is 2.61 bits per heavy atom. The molecule has 0 amide bonds. The minimum Gasteiger partial charge on any atom is -0.262 e. The van der Waals surface area contributed by atoms with Crippen LogP contribution in [-0.2, 0) is 5.75 Å². The Labute approximate surface area is 118 Å². The highest BCUT2D eigenvalue weighted by Crippen LogP contribution is 2.15. The van der Waals surface area contributed by atoms with Crippen molar-refractivity contribution in [1.29, 1.82) is 0 Å². The van der Waals surface area contributed by atoms with Crippen molar-refractivity contribution in [2.45, 2.75) is 37.9 Å². The van der Waals surface area contributed by atoms with E-state index in [0.717, 1.165) is 22.9 Å². The molecule has 0 heterocycles. The predicted octanol–water partition coefficient (Wildman–Crippen LogP) is 4.11. The van der Waals surface area contributed by atoms with Crippen LogP contribution in [0.1, 0.15) is 37.7 Å². The lowest BCUT2D eigenvalue weighted by molar-refractivity contribution is 0.662. The summed E-state index contributed by atoms with van der Waals surface area (Å²) in [5.74, 6) is 0.900. The minimum atomic E-state index is 0.761. The van der Waals surface area contributed by atoms with E-state index in [2.05, 4.69) is 34.8 Å². The highest BCUT2D eigenvalue weighted by atomic mass is 32.2. The molecule has 0 saturated heterocycles. The monoisotopic (exact) mass is 278 g/mol. The molecule has 0 radical (unpaired) electrons. The molecule has 0 aromatic heterocycles. The van der Waals surface area contributed by atoms with E-state index in [1.165, 1.54) is 30.5 Å². The second-order valence-electron chi connectivity index (χ2n) is 4.41. The van der Waals surface area contributed by atoms with Gasteiger partial charge >= 0.3 is 0 Å². The fourth-order valence-electron chi connectivity index (χ4n) is 1.95. The van der Waals surface area contributed by atoms with Gasteiger partial charge in [0.05, 0.1) is 0 Å². The Morgan fingerprint density at radius 1 is 1.17 bits per heavy atom. The SMILES string of the molecule is S=C(NN=C1CCCCC1)SCc1ccccc1. The highest BCUT2D eigenvalue weighted by Gasteiger charge is 2.06. The van der Waals surface area contributed by atoms with Gasteiger partial charge in [0.25, 0.3) is 0 Å². The van der Waals surface area contributed by atoms with Gasteiger partial charge in [-0.2, -0.15) is 5.10 Å².